The molecule has 2 aliphatic rings. The normalized spacial score (nSPS) is 26.4. The number of hydrogen-bond acceptors (Lipinski definition) is 4. The number of ether oxygens (including phenoxy) is 2. The van der Waals surface area contributed by atoms with E-state index in [-0.39, 0.29) is 18.2 Å². The number of halogens is 1. The lowest BCUT2D eigenvalue weighted by molar-refractivity contribution is -0.157. The average Bonchev–Trinajstić information content (AvgIpc) is 2.60. The number of aliphatic carboxylic acids is 1. The van der Waals surface area contributed by atoms with Gasteiger partial charge in [-0.15, -0.1) is 0 Å². The molecule has 2 fully saturated rings. The van der Waals surface area contributed by atoms with Crippen LogP contribution in [0.5, 0.6) is 0 Å². The van der Waals surface area contributed by atoms with Crippen molar-refractivity contribution < 1.29 is 19.4 Å². The van der Waals surface area contributed by atoms with Crippen LogP contribution in [0, 0.1) is 5.92 Å². The fourth-order valence-corrected chi connectivity index (χ4v) is 3.64. The monoisotopic (exact) mass is 353 g/mol. The molecular weight excluding hydrogens is 330 g/mol. The Labute approximate surface area is 147 Å². The Hall–Kier alpha value is -1.14. The molecule has 2 unspecified atom stereocenters. The molecule has 5 nitrogen and oxygen atoms in total. The van der Waals surface area contributed by atoms with Crippen LogP contribution in [0.2, 0.25) is 5.02 Å². The molecule has 0 aliphatic carbocycles. The molecule has 0 saturated carbocycles. The Morgan fingerprint density at radius 3 is 2.83 bits per heavy atom. The Balaban J connectivity index is 1.43. The molecule has 2 saturated heterocycles. The molecule has 1 aromatic carbocycles. The lowest BCUT2D eigenvalue weighted by Gasteiger charge is -2.40. The van der Waals surface area contributed by atoms with Gasteiger partial charge in [0.15, 0.2) is 0 Å². The van der Waals surface area contributed by atoms with Crippen LogP contribution in [-0.2, 0) is 20.9 Å². The number of carboxylic acids is 1. The molecule has 0 aromatic heterocycles. The first-order valence-corrected chi connectivity index (χ1v) is 8.94. The van der Waals surface area contributed by atoms with Crippen molar-refractivity contribution in [3.63, 3.8) is 0 Å². The molecule has 2 atom stereocenters. The highest BCUT2D eigenvalue weighted by Gasteiger charge is 2.33. The highest BCUT2D eigenvalue weighted by molar-refractivity contribution is 6.30. The van der Waals surface area contributed by atoms with E-state index < -0.39 is 5.97 Å². The molecule has 2 heterocycles. The van der Waals surface area contributed by atoms with Gasteiger partial charge in [-0.3, -0.25) is 9.69 Å². The predicted octanol–water partition coefficient (Wildman–Crippen LogP) is 3.16. The summed E-state index contributed by atoms with van der Waals surface area (Å²) in [6.07, 6.45) is 3.26. The number of likely N-dealkylation sites (tertiary alicyclic amines) is 1. The van der Waals surface area contributed by atoms with Crippen LogP contribution in [0.1, 0.15) is 31.2 Å². The van der Waals surface area contributed by atoms with Crippen molar-refractivity contribution in [2.75, 3.05) is 19.7 Å². The minimum atomic E-state index is -0.706. The maximum atomic E-state index is 11.2. The summed E-state index contributed by atoms with van der Waals surface area (Å²) in [5.74, 6) is -0.983. The van der Waals surface area contributed by atoms with E-state index in [9.17, 15) is 9.90 Å². The van der Waals surface area contributed by atoms with Crippen molar-refractivity contribution in [1.82, 2.24) is 4.90 Å². The molecule has 0 amide bonds. The fraction of sp³-hybridized carbons (Fsp3) is 0.611. The number of carbonyl (C=O) groups is 1. The molecule has 0 spiro atoms. The second-order valence-electron chi connectivity index (χ2n) is 6.56. The highest BCUT2D eigenvalue weighted by atomic mass is 35.5. The molecule has 1 aromatic rings. The number of rotatable bonds is 5. The molecule has 0 radical (unpaired) electrons. The molecule has 3 rings (SSSR count). The van der Waals surface area contributed by atoms with E-state index in [1.165, 1.54) is 0 Å². The lowest BCUT2D eigenvalue weighted by Crippen LogP contribution is -2.47. The average molecular weight is 354 g/mol. The zero-order chi connectivity index (χ0) is 16.9. The van der Waals surface area contributed by atoms with Crippen molar-refractivity contribution in [2.24, 2.45) is 5.92 Å². The SMILES string of the molecule is O=C(O)C1CCOC(N2CCC(OCc3cccc(Cl)c3)CC2)C1. The standard InChI is InChI=1S/C18H24ClNO4/c19-15-3-1-2-13(10-15)12-24-16-4-7-20(8-5-16)17-11-14(18(21)22)6-9-23-17/h1-3,10,14,16-17H,4-9,11-12H2,(H,21,22). The summed E-state index contributed by atoms with van der Waals surface area (Å²) in [6.45, 7) is 2.88. The van der Waals surface area contributed by atoms with Crippen LogP contribution in [0.4, 0.5) is 0 Å². The Morgan fingerprint density at radius 2 is 2.12 bits per heavy atom. The maximum absolute atomic E-state index is 11.2. The summed E-state index contributed by atoms with van der Waals surface area (Å²) in [4.78, 5) is 13.4. The van der Waals surface area contributed by atoms with Gasteiger partial charge in [0, 0.05) is 31.1 Å². The Kier molecular flexibility index (Phi) is 6.11. The predicted molar refractivity (Wildman–Crippen MR) is 90.9 cm³/mol. The van der Waals surface area contributed by atoms with E-state index in [0.717, 1.165) is 36.5 Å². The summed E-state index contributed by atoms with van der Waals surface area (Å²) in [5.41, 5.74) is 1.09. The van der Waals surface area contributed by atoms with Gasteiger partial charge >= 0.3 is 5.97 Å². The van der Waals surface area contributed by atoms with Gasteiger partial charge in [0.1, 0.15) is 6.23 Å². The Morgan fingerprint density at radius 1 is 1.33 bits per heavy atom. The first-order valence-electron chi connectivity index (χ1n) is 8.56. The summed E-state index contributed by atoms with van der Waals surface area (Å²) < 4.78 is 11.8. The van der Waals surface area contributed by atoms with E-state index in [2.05, 4.69) is 4.90 Å². The summed E-state index contributed by atoms with van der Waals surface area (Å²) >= 11 is 5.99. The second kappa shape index (κ2) is 8.30. The van der Waals surface area contributed by atoms with Gasteiger partial charge in [0.25, 0.3) is 0 Å². The zero-order valence-corrected chi connectivity index (χ0v) is 14.5. The van der Waals surface area contributed by atoms with Crippen LogP contribution < -0.4 is 0 Å². The fourth-order valence-electron chi connectivity index (χ4n) is 3.43. The van der Waals surface area contributed by atoms with Gasteiger partial charge in [0.05, 0.1) is 18.6 Å². The number of carboxylic acid groups (broad SMARTS) is 1. The second-order valence-corrected chi connectivity index (χ2v) is 7.00. The van der Waals surface area contributed by atoms with Gasteiger partial charge in [-0.1, -0.05) is 23.7 Å². The third-order valence-electron chi connectivity index (χ3n) is 4.87. The molecule has 2 aliphatic heterocycles. The van der Waals surface area contributed by atoms with Crippen molar-refractivity contribution in [1.29, 1.82) is 0 Å². The van der Waals surface area contributed by atoms with Gasteiger partial charge in [-0.2, -0.15) is 0 Å². The molecule has 132 valence electrons. The van der Waals surface area contributed by atoms with E-state index in [4.69, 9.17) is 21.1 Å². The summed E-state index contributed by atoms with van der Waals surface area (Å²) in [5, 5.41) is 9.92. The minimum Gasteiger partial charge on any atom is -0.481 e. The van der Waals surface area contributed by atoms with Crippen LogP contribution >= 0.6 is 11.6 Å². The highest BCUT2D eigenvalue weighted by Crippen LogP contribution is 2.26. The van der Waals surface area contributed by atoms with Gasteiger partial charge < -0.3 is 14.6 Å². The van der Waals surface area contributed by atoms with Crippen molar-refractivity contribution in [3.8, 4) is 0 Å². The van der Waals surface area contributed by atoms with Crippen molar-refractivity contribution in [3.05, 3.63) is 34.9 Å². The summed E-state index contributed by atoms with van der Waals surface area (Å²) in [7, 11) is 0. The largest absolute Gasteiger partial charge is 0.481 e. The molecule has 0 bridgehead atoms. The van der Waals surface area contributed by atoms with Crippen molar-refractivity contribution >= 4 is 17.6 Å². The van der Waals surface area contributed by atoms with E-state index in [0.29, 0.717) is 26.1 Å². The topological polar surface area (TPSA) is 59.0 Å². The first-order chi connectivity index (χ1) is 11.6. The summed E-state index contributed by atoms with van der Waals surface area (Å²) in [6, 6.07) is 7.74. The van der Waals surface area contributed by atoms with Crippen LogP contribution in [0.15, 0.2) is 24.3 Å². The lowest BCUT2D eigenvalue weighted by atomic mass is 9.97. The van der Waals surface area contributed by atoms with Gasteiger partial charge in [-0.05, 0) is 37.0 Å². The molecule has 1 N–H and O–H groups in total. The first kappa shape index (κ1) is 17.7. The van der Waals surface area contributed by atoms with E-state index in [1.54, 1.807) is 0 Å². The third kappa shape index (κ3) is 4.70. The number of nitrogens with zero attached hydrogens (tertiary/aromatic N) is 1. The van der Waals surface area contributed by atoms with Gasteiger partial charge in [0.2, 0.25) is 0 Å². The third-order valence-corrected chi connectivity index (χ3v) is 5.11. The van der Waals surface area contributed by atoms with Crippen LogP contribution in [-0.4, -0.2) is 48.0 Å². The van der Waals surface area contributed by atoms with E-state index in [1.807, 2.05) is 24.3 Å². The van der Waals surface area contributed by atoms with Crippen molar-refractivity contribution in [2.45, 2.75) is 44.6 Å². The van der Waals surface area contributed by atoms with E-state index >= 15 is 0 Å². The zero-order valence-electron chi connectivity index (χ0n) is 13.7. The minimum absolute atomic E-state index is 0.0614. The maximum Gasteiger partial charge on any atom is 0.306 e. The smallest absolute Gasteiger partial charge is 0.306 e. The van der Waals surface area contributed by atoms with Gasteiger partial charge in [-0.25, -0.2) is 0 Å². The number of hydrogen-bond donors (Lipinski definition) is 1. The Bertz CT molecular complexity index is 560. The van der Waals surface area contributed by atoms with Crippen LogP contribution in [0.3, 0.4) is 0 Å². The molecule has 6 heteroatoms. The molecule has 24 heavy (non-hydrogen) atoms. The quantitative estimate of drug-likeness (QED) is 0.881. The van der Waals surface area contributed by atoms with Crippen LogP contribution in [0.25, 0.3) is 0 Å². The molecular formula is C18H24ClNO4. The number of benzene rings is 1. The number of piperidine rings is 1.